The van der Waals surface area contributed by atoms with Crippen molar-refractivity contribution in [1.82, 2.24) is 0 Å². The second-order valence-corrected chi connectivity index (χ2v) is 5.76. The summed E-state index contributed by atoms with van der Waals surface area (Å²) in [5, 5.41) is 12.4. The summed E-state index contributed by atoms with van der Waals surface area (Å²) in [5.41, 5.74) is 1.80. The molecule has 0 fully saturated rings. The summed E-state index contributed by atoms with van der Waals surface area (Å²) < 4.78 is 1.57. The van der Waals surface area contributed by atoms with E-state index in [9.17, 15) is 9.90 Å². The van der Waals surface area contributed by atoms with Gasteiger partial charge in [-0.3, -0.25) is 4.79 Å². The van der Waals surface area contributed by atoms with E-state index in [0.717, 1.165) is 14.5 Å². The molecule has 0 heterocycles. The Labute approximate surface area is 127 Å². The fraction of sp³-hybridized carbons (Fsp3) is 0.0714. The predicted molar refractivity (Wildman–Crippen MR) is 82.6 cm³/mol. The van der Waals surface area contributed by atoms with Crippen LogP contribution in [0.1, 0.15) is 15.9 Å². The van der Waals surface area contributed by atoms with Gasteiger partial charge in [-0.15, -0.1) is 0 Å². The summed E-state index contributed by atoms with van der Waals surface area (Å²) >= 11 is 6.76. The van der Waals surface area contributed by atoms with Crippen molar-refractivity contribution in [2.24, 2.45) is 0 Å². The lowest BCUT2D eigenvalue weighted by Crippen LogP contribution is -2.12. The quantitative estimate of drug-likeness (QED) is 0.801. The van der Waals surface area contributed by atoms with Gasteiger partial charge in [0, 0.05) is 14.5 Å². The first-order valence-electron chi connectivity index (χ1n) is 5.54. The molecule has 0 aliphatic carbocycles. The molecular formula is C14H11Br2NO2. The van der Waals surface area contributed by atoms with Crippen molar-refractivity contribution >= 4 is 43.5 Å². The highest BCUT2D eigenvalue weighted by Gasteiger charge is 2.12. The van der Waals surface area contributed by atoms with Gasteiger partial charge in [-0.1, -0.05) is 12.1 Å². The van der Waals surface area contributed by atoms with Crippen LogP contribution in [0.3, 0.4) is 0 Å². The molecule has 0 saturated heterocycles. The van der Waals surface area contributed by atoms with Crippen LogP contribution in [0.25, 0.3) is 0 Å². The molecule has 0 atom stereocenters. The molecule has 1 amide bonds. The number of hydrogen-bond donors (Lipinski definition) is 2. The zero-order valence-corrected chi connectivity index (χ0v) is 13.2. The van der Waals surface area contributed by atoms with Gasteiger partial charge in [-0.25, -0.2) is 0 Å². The molecule has 0 radical (unpaired) electrons. The maximum atomic E-state index is 12.1. The average molecular weight is 385 g/mol. The third-order valence-corrected chi connectivity index (χ3v) is 3.99. The Balaban J connectivity index is 2.28. The summed E-state index contributed by atoms with van der Waals surface area (Å²) in [6, 6.07) is 10.4. The normalized spacial score (nSPS) is 10.3. The number of nitrogens with one attached hydrogen (secondary N) is 1. The zero-order valence-electron chi connectivity index (χ0n) is 10.1. The van der Waals surface area contributed by atoms with Crippen LogP contribution < -0.4 is 5.32 Å². The van der Waals surface area contributed by atoms with Crippen molar-refractivity contribution in [2.75, 3.05) is 5.32 Å². The fourth-order valence-electron chi connectivity index (χ4n) is 1.55. The highest BCUT2D eigenvalue weighted by atomic mass is 79.9. The van der Waals surface area contributed by atoms with E-state index in [1.54, 1.807) is 19.1 Å². The van der Waals surface area contributed by atoms with E-state index in [-0.39, 0.29) is 11.7 Å². The number of amides is 1. The molecule has 2 aromatic rings. The molecule has 0 saturated carbocycles. The van der Waals surface area contributed by atoms with Gasteiger partial charge < -0.3 is 10.4 Å². The molecule has 2 N–H and O–H groups in total. The molecule has 0 unspecified atom stereocenters. The standard InChI is InChI=1S/C14H11Br2NO2/c1-8-5-6-9(7-12(8)18)14(19)17-13-10(15)3-2-4-11(13)16/h2-7,18H,1H3,(H,17,19). The van der Waals surface area contributed by atoms with Crippen LogP contribution in [0, 0.1) is 6.92 Å². The minimum Gasteiger partial charge on any atom is -0.508 e. The number of aryl methyl sites for hydroxylation is 1. The van der Waals surface area contributed by atoms with Crippen molar-refractivity contribution in [2.45, 2.75) is 6.92 Å². The van der Waals surface area contributed by atoms with Crippen LogP contribution in [0.2, 0.25) is 0 Å². The number of carbonyl (C=O) groups is 1. The Bertz CT molecular complexity index is 621. The number of phenols is 1. The second kappa shape index (κ2) is 5.75. The molecule has 0 aliphatic heterocycles. The molecule has 2 aromatic carbocycles. The van der Waals surface area contributed by atoms with Gasteiger partial charge in [-0.2, -0.15) is 0 Å². The summed E-state index contributed by atoms with van der Waals surface area (Å²) in [6.45, 7) is 1.78. The largest absolute Gasteiger partial charge is 0.508 e. The minimum absolute atomic E-state index is 0.110. The van der Waals surface area contributed by atoms with Gasteiger partial charge in [0.05, 0.1) is 5.69 Å². The number of hydrogen-bond acceptors (Lipinski definition) is 2. The van der Waals surface area contributed by atoms with Gasteiger partial charge in [-0.05, 0) is 68.6 Å². The summed E-state index contributed by atoms with van der Waals surface area (Å²) in [6.07, 6.45) is 0. The molecule has 0 aromatic heterocycles. The molecule has 0 bridgehead atoms. The Hall–Kier alpha value is -1.33. The highest BCUT2D eigenvalue weighted by molar-refractivity contribution is 9.11. The SMILES string of the molecule is Cc1ccc(C(=O)Nc2c(Br)cccc2Br)cc1O. The lowest BCUT2D eigenvalue weighted by atomic mass is 10.1. The number of phenolic OH excluding ortho intramolecular Hbond substituents is 1. The number of anilines is 1. The lowest BCUT2D eigenvalue weighted by Gasteiger charge is -2.10. The number of halogens is 2. The van der Waals surface area contributed by atoms with Crippen molar-refractivity contribution in [3.63, 3.8) is 0 Å². The van der Waals surface area contributed by atoms with Crippen molar-refractivity contribution < 1.29 is 9.90 Å². The molecule has 2 rings (SSSR count). The van der Waals surface area contributed by atoms with Crippen molar-refractivity contribution in [1.29, 1.82) is 0 Å². The van der Waals surface area contributed by atoms with Crippen LogP contribution >= 0.6 is 31.9 Å². The van der Waals surface area contributed by atoms with Gasteiger partial charge in [0.15, 0.2) is 0 Å². The maximum Gasteiger partial charge on any atom is 0.255 e. The molecule has 0 spiro atoms. The summed E-state index contributed by atoms with van der Waals surface area (Å²) in [4.78, 5) is 12.1. The van der Waals surface area contributed by atoms with Crippen LogP contribution in [0.4, 0.5) is 5.69 Å². The number of carbonyl (C=O) groups excluding carboxylic acids is 1. The Kier molecular flexibility index (Phi) is 4.27. The van der Waals surface area contributed by atoms with Crippen LogP contribution in [-0.4, -0.2) is 11.0 Å². The van der Waals surface area contributed by atoms with Gasteiger partial charge in [0.2, 0.25) is 0 Å². The highest BCUT2D eigenvalue weighted by Crippen LogP contribution is 2.31. The Morgan fingerprint density at radius 1 is 1.16 bits per heavy atom. The fourth-order valence-corrected chi connectivity index (χ4v) is 2.75. The monoisotopic (exact) mass is 383 g/mol. The van der Waals surface area contributed by atoms with Crippen LogP contribution in [0.15, 0.2) is 45.3 Å². The first kappa shape index (κ1) is 14.1. The number of rotatable bonds is 2. The summed E-state index contributed by atoms with van der Waals surface area (Å²) in [7, 11) is 0. The Morgan fingerprint density at radius 3 is 2.37 bits per heavy atom. The lowest BCUT2D eigenvalue weighted by molar-refractivity contribution is 0.102. The average Bonchev–Trinajstić information content (AvgIpc) is 2.37. The van der Waals surface area contributed by atoms with E-state index >= 15 is 0 Å². The van der Waals surface area contributed by atoms with Gasteiger partial charge >= 0.3 is 0 Å². The molecule has 0 aliphatic rings. The smallest absolute Gasteiger partial charge is 0.255 e. The van der Waals surface area contributed by atoms with Crippen LogP contribution in [0.5, 0.6) is 5.75 Å². The molecule has 5 heteroatoms. The first-order chi connectivity index (χ1) is 8.99. The van der Waals surface area contributed by atoms with Gasteiger partial charge in [0.1, 0.15) is 5.75 Å². The van der Waals surface area contributed by atoms with Gasteiger partial charge in [0.25, 0.3) is 5.91 Å². The first-order valence-corrected chi connectivity index (χ1v) is 7.12. The number of benzene rings is 2. The minimum atomic E-state index is -0.275. The van der Waals surface area contributed by atoms with E-state index in [1.807, 2.05) is 18.2 Å². The van der Waals surface area contributed by atoms with Crippen molar-refractivity contribution in [3.8, 4) is 5.75 Å². The van der Waals surface area contributed by atoms with E-state index in [2.05, 4.69) is 37.2 Å². The van der Waals surface area contributed by atoms with E-state index in [0.29, 0.717) is 11.3 Å². The van der Waals surface area contributed by atoms with Crippen molar-refractivity contribution in [3.05, 3.63) is 56.5 Å². The zero-order chi connectivity index (χ0) is 14.0. The number of para-hydroxylation sites is 1. The Morgan fingerprint density at radius 2 is 1.79 bits per heavy atom. The summed E-state index contributed by atoms with van der Waals surface area (Å²) in [5.74, 6) is -0.165. The van der Waals surface area contributed by atoms with E-state index in [4.69, 9.17) is 0 Å². The molecule has 3 nitrogen and oxygen atoms in total. The van der Waals surface area contributed by atoms with E-state index < -0.39 is 0 Å². The third-order valence-electron chi connectivity index (χ3n) is 2.67. The number of aromatic hydroxyl groups is 1. The predicted octanol–water partition coefficient (Wildman–Crippen LogP) is 4.48. The van der Waals surface area contributed by atoms with Crippen LogP contribution in [-0.2, 0) is 0 Å². The molecule has 19 heavy (non-hydrogen) atoms. The molecular weight excluding hydrogens is 374 g/mol. The third kappa shape index (κ3) is 3.16. The maximum absolute atomic E-state index is 12.1. The topological polar surface area (TPSA) is 49.3 Å². The van der Waals surface area contributed by atoms with E-state index in [1.165, 1.54) is 6.07 Å². The molecule has 98 valence electrons. The second-order valence-electron chi connectivity index (χ2n) is 4.05.